The lowest BCUT2D eigenvalue weighted by molar-refractivity contribution is 0.0657. The van der Waals surface area contributed by atoms with Crippen molar-refractivity contribution in [2.24, 2.45) is 5.92 Å². The minimum absolute atomic E-state index is 0.0845. The summed E-state index contributed by atoms with van der Waals surface area (Å²) in [5.41, 5.74) is 1.76. The minimum atomic E-state index is 0.0845. The number of piperidine rings is 1. The lowest BCUT2D eigenvalue weighted by Crippen LogP contribution is -2.41. The maximum absolute atomic E-state index is 12.8. The normalized spacial score (nSPS) is 17.9. The monoisotopic (exact) mass is 344 g/mol. The average Bonchev–Trinajstić information content (AvgIpc) is 3.18. The van der Waals surface area contributed by atoms with Crippen LogP contribution in [0.15, 0.2) is 16.7 Å². The van der Waals surface area contributed by atoms with Crippen LogP contribution in [0.3, 0.4) is 0 Å². The van der Waals surface area contributed by atoms with E-state index in [2.05, 4.69) is 23.4 Å². The molecular formula is C19H28N4O2. The van der Waals surface area contributed by atoms with Gasteiger partial charge in [-0.05, 0) is 51.5 Å². The fourth-order valence-corrected chi connectivity index (χ4v) is 3.58. The highest BCUT2D eigenvalue weighted by Crippen LogP contribution is 2.22. The van der Waals surface area contributed by atoms with E-state index in [-0.39, 0.29) is 5.91 Å². The van der Waals surface area contributed by atoms with Crippen LogP contribution in [-0.2, 0) is 13.0 Å². The van der Waals surface area contributed by atoms with Gasteiger partial charge in [0.1, 0.15) is 11.5 Å². The number of carbonyl (C=O) groups is 1. The van der Waals surface area contributed by atoms with Gasteiger partial charge in [-0.3, -0.25) is 9.48 Å². The molecule has 1 aliphatic heterocycles. The van der Waals surface area contributed by atoms with Gasteiger partial charge in [0.25, 0.3) is 5.91 Å². The van der Waals surface area contributed by atoms with E-state index in [0.29, 0.717) is 17.2 Å². The third-order valence-corrected chi connectivity index (χ3v) is 4.90. The summed E-state index contributed by atoms with van der Waals surface area (Å²) in [5.74, 6) is 2.01. The van der Waals surface area contributed by atoms with Gasteiger partial charge in [0.15, 0.2) is 0 Å². The predicted octanol–water partition coefficient (Wildman–Crippen LogP) is 3.38. The van der Waals surface area contributed by atoms with Gasteiger partial charge in [0, 0.05) is 25.8 Å². The van der Waals surface area contributed by atoms with Crippen molar-refractivity contribution < 1.29 is 9.21 Å². The summed E-state index contributed by atoms with van der Waals surface area (Å²) in [6.45, 7) is 8.33. The summed E-state index contributed by atoms with van der Waals surface area (Å²) in [5, 5.41) is 8.51. The van der Waals surface area contributed by atoms with Crippen LogP contribution >= 0.6 is 0 Å². The molecule has 6 nitrogen and oxygen atoms in total. The predicted molar refractivity (Wildman–Crippen MR) is 95.4 cm³/mol. The van der Waals surface area contributed by atoms with Crippen molar-refractivity contribution in [3.05, 3.63) is 35.0 Å². The van der Waals surface area contributed by atoms with Crippen molar-refractivity contribution >= 4 is 5.91 Å². The molecule has 0 aromatic carbocycles. The lowest BCUT2D eigenvalue weighted by atomic mass is 9.97. The Kier molecular flexibility index (Phi) is 5.56. The summed E-state index contributed by atoms with van der Waals surface area (Å²) in [7, 11) is 0. The largest absolute Gasteiger partial charge is 0.466 e. The standard InChI is InChI=1S/C19H28N4O2/c1-4-5-8-17-13-23(21-20-17)12-16-7-6-9-22(11-16)19(24)18-10-14(2)25-15(18)3/h10,13,16H,4-9,11-12H2,1-3H3/t16-/m1/s1. The van der Waals surface area contributed by atoms with Crippen LogP contribution in [0.1, 0.15) is 60.2 Å². The highest BCUT2D eigenvalue weighted by Gasteiger charge is 2.27. The van der Waals surface area contributed by atoms with Gasteiger partial charge in [-0.15, -0.1) is 5.10 Å². The Bertz CT molecular complexity index is 719. The topological polar surface area (TPSA) is 64.2 Å². The molecule has 0 spiro atoms. The molecule has 0 saturated carbocycles. The highest BCUT2D eigenvalue weighted by molar-refractivity contribution is 5.95. The van der Waals surface area contributed by atoms with E-state index in [9.17, 15) is 4.79 Å². The third-order valence-electron chi connectivity index (χ3n) is 4.90. The Morgan fingerprint density at radius 2 is 2.24 bits per heavy atom. The molecule has 3 heterocycles. The molecule has 1 amide bonds. The molecule has 2 aromatic heterocycles. The second-order valence-electron chi connectivity index (χ2n) is 7.12. The zero-order valence-corrected chi connectivity index (χ0v) is 15.5. The molecule has 0 bridgehead atoms. The molecule has 0 aliphatic carbocycles. The fraction of sp³-hybridized carbons (Fsp3) is 0.632. The smallest absolute Gasteiger partial charge is 0.257 e. The zero-order valence-electron chi connectivity index (χ0n) is 15.5. The number of rotatable bonds is 6. The van der Waals surface area contributed by atoms with E-state index in [4.69, 9.17) is 4.42 Å². The number of likely N-dealkylation sites (tertiary alicyclic amines) is 1. The molecule has 136 valence electrons. The van der Waals surface area contributed by atoms with Gasteiger partial charge in [-0.25, -0.2) is 0 Å². The van der Waals surface area contributed by atoms with E-state index in [0.717, 1.165) is 56.8 Å². The summed E-state index contributed by atoms with van der Waals surface area (Å²) < 4.78 is 7.46. The number of carbonyl (C=O) groups excluding carboxylic acids is 1. The van der Waals surface area contributed by atoms with Gasteiger partial charge in [0.05, 0.1) is 11.3 Å². The van der Waals surface area contributed by atoms with Crippen molar-refractivity contribution in [1.82, 2.24) is 19.9 Å². The van der Waals surface area contributed by atoms with Crippen molar-refractivity contribution in [2.75, 3.05) is 13.1 Å². The summed E-state index contributed by atoms with van der Waals surface area (Å²) in [4.78, 5) is 14.7. The van der Waals surface area contributed by atoms with Gasteiger partial charge < -0.3 is 9.32 Å². The minimum Gasteiger partial charge on any atom is -0.466 e. The first-order valence-electron chi connectivity index (χ1n) is 9.32. The summed E-state index contributed by atoms with van der Waals surface area (Å²) in [6, 6.07) is 1.85. The van der Waals surface area contributed by atoms with Crippen molar-refractivity contribution in [3.8, 4) is 0 Å². The number of hydrogen-bond donors (Lipinski definition) is 0. The van der Waals surface area contributed by atoms with Gasteiger partial charge in [-0.2, -0.15) is 0 Å². The lowest BCUT2D eigenvalue weighted by Gasteiger charge is -2.32. The number of amides is 1. The van der Waals surface area contributed by atoms with Gasteiger partial charge >= 0.3 is 0 Å². The van der Waals surface area contributed by atoms with Crippen LogP contribution in [-0.4, -0.2) is 38.9 Å². The molecule has 3 rings (SSSR count). The first kappa shape index (κ1) is 17.7. The number of unbranched alkanes of at least 4 members (excludes halogenated alkanes) is 1. The Balaban J connectivity index is 1.60. The van der Waals surface area contributed by atoms with Crippen molar-refractivity contribution in [1.29, 1.82) is 0 Å². The summed E-state index contributed by atoms with van der Waals surface area (Å²) in [6.07, 6.45) is 7.51. The number of aromatic nitrogens is 3. The van der Waals surface area contributed by atoms with Gasteiger partial charge in [-0.1, -0.05) is 18.6 Å². The quantitative estimate of drug-likeness (QED) is 0.806. The second-order valence-corrected chi connectivity index (χ2v) is 7.12. The van der Waals surface area contributed by atoms with E-state index >= 15 is 0 Å². The molecule has 1 atom stereocenters. The van der Waals surface area contributed by atoms with Gasteiger partial charge in [0.2, 0.25) is 0 Å². The van der Waals surface area contributed by atoms with Crippen LogP contribution < -0.4 is 0 Å². The fourth-order valence-electron chi connectivity index (χ4n) is 3.58. The molecule has 1 fully saturated rings. The van der Waals surface area contributed by atoms with Crippen LogP contribution in [0.25, 0.3) is 0 Å². The van der Waals surface area contributed by atoms with Crippen LogP contribution in [0.5, 0.6) is 0 Å². The Hall–Kier alpha value is -2.11. The number of nitrogens with zero attached hydrogens (tertiary/aromatic N) is 4. The first-order valence-corrected chi connectivity index (χ1v) is 9.32. The highest BCUT2D eigenvalue weighted by atomic mass is 16.3. The molecular weight excluding hydrogens is 316 g/mol. The van der Waals surface area contributed by atoms with E-state index < -0.39 is 0 Å². The molecule has 1 saturated heterocycles. The van der Waals surface area contributed by atoms with E-state index in [1.807, 2.05) is 29.5 Å². The molecule has 0 radical (unpaired) electrons. The van der Waals surface area contributed by atoms with E-state index in [1.54, 1.807) is 0 Å². The number of furan rings is 1. The number of hydrogen-bond acceptors (Lipinski definition) is 4. The first-order chi connectivity index (χ1) is 12.1. The number of aryl methyl sites for hydroxylation is 3. The molecule has 0 N–H and O–H groups in total. The Labute approximate surface area is 149 Å². The van der Waals surface area contributed by atoms with E-state index in [1.165, 1.54) is 6.42 Å². The summed E-state index contributed by atoms with van der Waals surface area (Å²) >= 11 is 0. The Morgan fingerprint density at radius 3 is 2.96 bits per heavy atom. The molecule has 0 unspecified atom stereocenters. The van der Waals surface area contributed by atoms with Crippen LogP contribution in [0.4, 0.5) is 0 Å². The SMILES string of the molecule is CCCCc1cn(C[C@@H]2CCCN(C(=O)c3cc(C)oc3C)C2)nn1. The third kappa shape index (κ3) is 4.30. The van der Waals surface area contributed by atoms with Crippen molar-refractivity contribution in [3.63, 3.8) is 0 Å². The molecule has 25 heavy (non-hydrogen) atoms. The van der Waals surface area contributed by atoms with Crippen molar-refractivity contribution in [2.45, 2.75) is 59.4 Å². The zero-order chi connectivity index (χ0) is 17.8. The van der Waals surface area contributed by atoms with Crippen LogP contribution in [0, 0.1) is 19.8 Å². The average molecular weight is 344 g/mol. The maximum atomic E-state index is 12.8. The Morgan fingerprint density at radius 1 is 1.40 bits per heavy atom. The molecule has 1 aliphatic rings. The maximum Gasteiger partial charge on any atom is 0.257 e. The molecule has 6 heteroatoms. The second kappa shape index (κ2) is 7.85. The molecule has 2 aromatic rings. The van der Waals surface area contributed by atoms with Crippen LogP contribution in [0.2, 0.25) is 0 Å².